The van der Waals surface area contributed by atoms with Gasteiger partial charge in [-0.2, -0.15) is 0 Å². The summed E-state index contributed by atoms with van der Waals surface area (Å²) < 4.78 is 0.272. The number of aliphatic hydroxyl groups is 1. The molecule has 0 fully saturated rings. The summed E-state index contributed by atoms with van der Waals surface area (Å²) in [5.74, 6) is -0.437. The molecule has 0 atom stereocenters. The van der Waals surface area contributed by atoms with E-state index in [0.29, 0.717) is 5.57 Å². The van der Waals surface area contributed by atoms with Gasteiger partial charge in [0, 0.05) is 18.3 Å². The quantitative estimate of drug-likeness (QED) is 0.712. The molecule has 0 aromatic rings. The summed E-state index contributed by atoms with van der Waals surface area (Å²) in [7, 11) is 0. The molecule has 64 valence electrons. The summed E-state index contributed by atoms with van der Waals surface area (Å²) in [5, 5.41) is 8.55. The van der Waals surface area contributed by atoms with Gasteiger partial charge in [0.25, 0.3) is 0 Å². The minimum Gasteiger partial charge on any atom is -0.396 e. The summed E-state index contributed by atoms with van der Waals surface area (Å²) in [6, 6.07) is 0. The second-order valence-corrected chi connectivity index (χ2v) is 3.22. The maximum absolute atomic E-state index is 11.1. The Morgan fingerprint density at radius 3 is 2.50 bits per heavy atom. The first-order chi connectivity index (χ1) is 5.65. The van der Waals surface area contributed by atoms with Gasteiger partial charge >= 0.3 is 0 Å². The minimum absolute atomic E-state index is 0.115. The maximum atomic E-state index is 11.1. The van der Waals surface area contributed by atoms with Crippen molar-refractivity contribution in [2.75, 3.05) is 6.61 Å². The molecule has 0 aromatic carbocycles. The predicted molar refractivity (Wildman–Crippen MR) is 46.8 cm³/mol. The van der Waals surface area contributed by atoms with Crippen molar-refractivity contribution in [2.45, 2.75) is 6.42 Å². The van der Waals surface area contributed by atoms with Gasteiger partial charge in [-0.3, -0.25) is 9.59 Å². The Labute approximate surface area is 77.9 Å². The highest BCUT2D eigenvalue weighted by atomic mass is 79.9. The largest absolute Gasteiger partial charge is 0.396 e. The first-order valence-corrected chi connectivity index (χ1v) is 4.21. The van der Waals surface area contributed by atoms with Gasteiger partial charge in [-0.25, -0.2) is 0 Å². The molecule has 0 bridgehead atoms. The molecule has 0 aromatic heterocycles. The van der Waals surface area contributed by atoms with Crippen LogP contribution in [0.25, 0.3) is 0 Å². The molecule has 4 heteroatoms. The molecule has 1 N–H and O–H groups in total. The molecular weight excluding hydrogens is 224 g/mol. The Bertz CT molecular complexity index is 289. The monoisotopic (exact) mass is 230 g/mol. The van der Waals surface area contributed by atoms with Gasteiger partial charge in [-0.1, -0.05) is 0 Å². The number of hydrogen-bond donors (Lipinski definition) is 1. The van der Waals surface area contributed by atoms with E-state index in [2.05, 4.69) is 15.9 Å². The Morgan fingerprint density at radius 2 is 1.92 bits per heavy atom. The highest BCUT2D eigenvalue weighted by molar-refractivity contribution is 9.12. The average Bonchev–Trinajstić information content (AvgIpc) is 2.01. The lowest BCUT2D eigenvalue weighted by molar-refractivity contribution is -0.114. The van der Waals surface area contributed by atoms with Crippen molar-refractivity contribution < 1.29 is 14.7 Å². The first-order valence-electron chi connectivity index (χ1n) is 3.42. The van der Waals surface area contributed by atoms with Crippen LogP contribution in [-0.4, -0.2) is 23.3 Å². The third-order valence-electron chi connectivity index (χ3n) is 1.50. The number of carbonyl (C=O) groups is 2. The van der Waals surface area contributed by atoms with Crippen LogP contribution in [0, 0.1) is 0 Å². The summed E-state index contributed by atoms with van der Waals surface area (Å²) in [5.41, 5.74) is 0.366. The third kappa shape index (κ3) is 1.89. The zero-order valence-corrected chi connectivity index (χ0v) is 7.80. The van der Waals surface area contributed by atoms with Crippen molar-refractivity contribution in [3.8, 4) is 0 Å². The maximum Gasteiger partial charge on any atom is 0.193 e. The van der Waals surface area contributed by atoms with Crippen LogP contribution < -0.4 is 0 Å². The standard InChI is InChI=1S/C8H7BrO3/c9-6-4-7(11)5(1-2-10)3-8(6)12/h3-4,10H,1-2H2. The molecule has 0 saturated heterocycles. The highest BCUT2D eigenvalue weighted by Gasteiger charge is 2.17. The Kier molecular flexibility index (Phi) is 2.94. The smallest absolute Gasteiger partial charge is 0.193 e. The molecule has 0 aliphatic heterocycles. The number of hydrogen-bond acceptors (Lipinski definition) is 3. The van der Waals surface area contributed by atoms with E-state index < -0.39 is 0 Å². The van der Waals surface area contributed by atoms with Crippen molar-refractivity contribution in [1.29, 1.82) is 0 Å². The van der Waals surface area contributed by atoms with E-state index in [-0.39, 0.29) is 29.1 Å². The fourth-order valence-electron chi connectivity index (χ4n) is 0.893. The van der Waals surface area contributed by atoms with E-state index in [9.17, 15) is 9.59 Å². The van der Waals surface area contributed by atoms with Crippen molar-refractivity contribution in [1.82, 2.24) is 0 Å². The molecule has 0 spiro atoms. The van der Waals surface area contributed by atoms with Crippen molar-refractivity contribution in [2.24, 2.45) is 0 Å². The molecule has 1 aliphatic carbocycles. The summed E-state index contributed by atoms with van der Waals surface area (Å²) in [6.07, 6.45) is 2.72. The lowest BCUT2D eigenvalue weighted by Gasteiger charge is -2.06. The predicted octanol–water partition coefficient (Wildman–Crippen LogP) is 0.726. The van der Waals surface area contributed by atoms with Crippen LogP contribution in [0.1, 0.15) is 6.42 Å². The lowest BCUT2D eigenvalue weighted by Crippen LogP contribution is -2.11. The molecule has 1 aliphatic rings. The fraction of sp³-hybridized carbons (Fsp3) is 0.250. The van der Waals surface area contributed by atoms with Crippen LogP contribution in [0.2, 0.25) is 0 Å². The zero-order valence-electron chi connectivity index (χ0n) is 6.21. The third-order valence-corrected chi connectivity index (χ3v) is 2.12. The molecule has 0 amide bonds. The second kappa shape index (κ2) is 3.78. The van der Waals surface area contributed by atoms with E-state index in [0.717, 1.165) is 0 Å². The van der Waals surface area contributed by atoms with Gasteiger partial charge in [0.1, 0.15) is 0 Å². The summed E-state index contributed by atoms with van der Waals surface area (Å²) >= 11 is 2.96. The van der Waals surface area contributed by atoms with Crippen molar-refractivity contribution in [3.05, 3.63) is 22.2 Å². The van der Waals surface area contributed by atoms with Crippen LogP contribution in [0.5, 0.6) is 0 Å². The molecular formula is C8H7BrO3. The molecule has 0 unspecified atom stereocenters. The molecule has 12 heavy (non-hydrogen) atoms. The van der Waals surface area contributed by atoms with Crippen LogP contribution in [0.3, 0.4) is 0 Å². The van der Waals surface area contributed by atoms with Gasteiger partial charge in [0.05, 0.1) is 4.48 Å². The number of halogens is 1. The Balaban J connectivity index is 2.85. The zero-order chi connectivity index (χ0) is 9.14. The van der Waals surface area contributed by atoms with E-state index in [1.165, 1.54) is 12.2 Å². The van der Waals surface area contributed by atoms with Gasteiger partial charge in [0.2, 0.25) is 0 Å². The SMILES string of the molecule is O=C1C=C(CCO)C(=O)C=C1Br. The number of aliphatic hydroxyl groups excluding tert-OH is 1. The van der Waals surface area contributed by atoms with Crippen molar-refractivity contribution >= 4 is 27.5 Å². The number of rotatable bonds is 2. The summed E-state index contributed by atoms with van der Waals surface area (Å²) in [6.45, 7) is -0.115. The van der Waals surface area contributed by atoms with E-state index in [1.54, 1.807) is 0 Å². The minimum atomic E-state index is -0.224. The van der Waals surface area contributed by atoms with Gasteiger partial charge in [0.15, 0.2) is 11.6 Å². The molecule has 0 radical (unpaired) electrons. The average molecular weight is 231 g/mol. The van der Waals surface area contributed by atoms with Crippen LogP contribution in [-0.2, 0) is 9.59 Å². The molecule has 0 heterocycles. The Morgan fingerprint density at radius 1 is 1.25 bits per heavy atom. The molecule has 3 nitrogen and oxygen atoms in total. The van der Waals surface area contributed by atoms with E-state index in [1.807, 2.05) is 0 Å². The first kappa shape index (κ1) is 9.35. The van der Waals surface area contributed by atoms with Gasteiger partial charge in [-0.15, -0.1) is 0 Å². The van der Waals surface area contributed by atoms with Crippen LogP contribution in [0.4, 0.5) is 0 Å². The number of allylic oxidation sites excluding steroid dienone is 3. The van der Waals surface area contributed by atoms with E-state index in [4.69, 9.17) is 5.11 Å². The number of ketones is 2. The molecule has 1 rings (SSSR count). The van der Waals surface area contributed by atoms with Gasteiger partial charge in [-0.05, 0) is 28.4 Å². The van der Waals surface area contributed by atoms with Gasteiger partial charge < -0.3 is 5.11 Å². The molecule has 0 saturated carbocycles. The number of carbonyl (C=O) groups excluding carboxylic acids is 2. The van der Waals surface area contributed by atoms with Crippen LogP contribution >= 0.6 is 15.9 Å². The fourth-order valence-corrected chi connectivity index (χ4v) is 1.22. The van der Waals surface area contributed by atoms with E-state index >= 15 is 0 Å². The normalized spacial score (nSPS) is 17.5. The topological polar surface area (TPSA) is 54.4 Å². The van der Waals surface area contributed by atoms with Crippen LogP contribution in [0.15, 0.2) is 22.2 Å². The Hall–Kier alpha value is -0.740. The second-order valence-electron chi connectivity index (χ2n) is 2.36. The highest BCUT2D eigenvalue weighted by Crippen LogP contribution is 2.17. The van der Waals surface area contributed by atoms with Crippen molar-refractivity contribution in [3.63, 3.8) is 0 Å². The summed E-state index contributed by atoms with van der Waals surface area (Å²) in [4.78, 5) is 22.1. The lowest BCUT2D eigenvalue weighted by atomic mass is 10.0.